The Balaban J connectivity index is 2.33. The molecule has 0 fully saturated rings. The molecule has 0 unspecified atom stereocenters. The number of nitrogens with one attached hydrogen (secondary N) is 2. The Morgan fingerprint density at radius 3 is 2.38 bits per heavy atom. The third-order valence-electron chi connectivity index (χ3n) is 3.39. The van der Waals surface area contributed by atoms with Gasteiger partial charge in [0.1, 0.15) is 5.69 Å². The smallest absolute Gasteiger partial charge is 0.272 e. The van der Waals surface area contributed by atoms with E-state index >= 15 is 0 Å². The van der Waals surface area contributed by atoms with Gasteiger partial charge in [-0.1, -0.05) is 17.7 Å². The number of ketones is 1. The molecule has 1 heterocycles. The predicted octanol–water partition coefficient (Wildman–Crippen LogP) is 4.05. The van der Waals surface area contributed by atoms with Crippen molar-refractivity contribution in [2.24, 2.45) is 0 Å². The molecule has 4 nitrogen and oxygen atoms in total. The summed E-state index contributed by atoms with van der Waals surface area (Å²) in [4.78, 5) is 26.9. The van der Waals surface area contributed by atoms with Crippen molar-refractivity contribution in [1.82, 2.24) is 4.98 Å². The average Bonchev–Trinajstić information content (AvgIpc) is 2.68. The zero-order valence-electron chi connectivity index (χ0n) is 12.4. The predicted molar refractivity (Wildman–Crippen MR) is 84.4 cm³/mol. The minimum Gasteiger partial charge on any atom is -0.354 e. The van der Waals surface area contributed by atoms with E-state index in [4.69, 9.17) is 11.6 Å². The summed E-state index contributed by atoms with van der Waals surface area (Å²) >= 11 is 6.11. The summed E-state index contributed by atoms with van der Waals surface area (Å²) in [6.07, 6.45) is 0. The zero-order chi connectivity index (χ0) is 15.7. The number of benzene rings is 1. The highest BCUT2D eigenvalue weighted by molar-refractivity contribution is 6.34. The van der Waals surface area contributed by atoms with Crippen molar-refractivity contribution in [3.63, 3.8) is 0 Å². The molecule has 0 aliphatic heterocycles. The van der Waals surface area contributed by atoms with Crippen molar-refractivity contribution in [2.45, 2.75) is 27.7 Å². The molecule has 0 spiro atoms. The summed E-state index contributed by atoms with van der Waals surface area (Å²) in [5.41, 5.74) is 3.86. The van der Waals surface area contributed by atoms with E-state index in [-0.39, 0.29) is 11.7 Å². The maximum atomic E-state index is 12.3. The number of rotatable bonds is 3. The Morgan fingerprint density at radius 2 is 1.86 bits per heavy atom. The molecular weight excluding hydrogens is 288 g/mol. The normalized spacial score (nSPS) is 10.5. The van der Waals surface area contributed by atoms with Crippen molar-refractivity contribution in [2.75, 3.05) is 5.32 Å². The highest BCUT2D eigenvalue weighted by Gasteiger charge is 2.20. The molecule has 2 aromatic rings. The quantitative estimate of drug-likeness (QED) is 0.840. The first-order valence-corrected chi connectivity index (χ1v) is 6.96. The summed E-state index contributed by atoms with van der Waals surface area (Å²) < 4.78 is 0. The number of Topliss-reactive ketones (excluding diaryl/α,β-unsaturated/α-hetero) is 1. The fraction of sp³-hybridized carbons (Fsp3) is 0.250. The second-order valence-corrected chi connectivity index (χ2v) is 5.53. The van der Waals surface area contributed by atoms with Crippen LogP contribution in [0.2, 0.25) is 5.02 Å². The van der Waals surface area contributed by atoms with Crippen molar-refractivity contribution in [3.8, 4) is 0 Å². The standard InChI is InChI=1S/C16H17ClN2O2/c1-8-5-6-13(12(17)7-8)19-16(21)15-9(2)14(11(4)20)10(3)18-15/h5-7,18H,1-4H3,(H,19,21). The molecule has 2 rings (SSSR count). The third kappa shape index (κ3) is 3.00. The molecule has 0 radical (unpaired) electrons. The van der Waals surface area contributed by atoms with Crippen LogP contribution in [0.1, 0.15) is 44.6 Å². The van der Waals surface area contributed by atoms with Crippen molar-refractivity contribution < 1.29 is 9.59 Å². The number of aryl methyl sites for hydroxylation is 2. The summed E-state index contributed by atoms with van der Waals surface area (Å²) in [5, 5.41) is 3.24. The Hall–Kier alpha value is -2.07. The lowest BCUT2D eigenvalue weighted by Crippen LogP contribution is -2.14. The van der Waals surface area contributed by atoms with E-state index in [0.717, 1.165) is 5.56 Å². The van der Waals surface area contributed by atoms with Gasteiger partial charge in [0.05, 0.1) is 10.7 Å². The van der Waals surface area contributed by atoms with Gasteiger partial charge in [0.15, 0.2) is 5.78 Å². The molecule has 0 saturated heterocycles. The molecule has 0 saturated carbocycles. The van der Waals surface area contributed by atoms with Gasteiger partial charge in [-0.15, -0.1) is 0 Å². The van der Waals surface area contributed by atoms with Crippen LogP contribution in [-0.4, -0.2) is 16.7 Å². The molecule has 1 amide bonds. The average molecular weight is 305 g/mol. The maximum Gasteiger partial charge on any atom is 0.272 e. The van der Waals surface area contributed by atoms with Crippen LogP contribution in [0.5, 0.6) is 0 Å². The fourth-order valence-electron chi connectivity index (χ4n) is 2.41. The monoisotopic (exact) mass is 304 g/mol. The lowest BCUT2D eigenvalue weighted by molar-refractivity contribution is 0.101. The number of carbonyl (C=O) groups is 2. The van der Waals surface area contributed by atoms with Gasteiger partial charge in [-0.25, -0.2) is 0 Å². The number of anilines is 1. The molecule has 110 valence electrons. The van der Waals surface area contributed by atoms with Crippen molar-refractivity contribution in [1.29, 1.82) is 0 Å². The van der Waals surface area contributed by atoms with Gasteiger partial charge in [0.25, 0.3) is 5.91 Å². The van der Waals surface area contributed by atoms with Crippen LogP contribution < -0.4 is 5.32 Å². The number of aromatic amines is 1. The Bertz CT molecular complexity index is 732. The number of hydrogen-bond donors (Lipinski definition) is 2. The first-order chi connectivity index (χ1) is 9.81. The number of H-pyrrole nitrogens is 1. The number of carbonyl (C=O) groups excluding carboxylic acids is 2. The lowest BCUT2D eigenvalue weighted by atomic mass is 10.1. The molecule has 0 atom stereocenters. The number of amides is 1. The molecule has 0 aliphatic rings. The number of halogens is 1. The first-order valence-electron chi connectivity index (χ1n) is 6.59. The number of hydrogen-bond acceptors (Lipinski definition) is 2. The van der Waals surface area contributed by atoms with E-state index in [1.807, 2.05) is 13.0 Å². The summed E-state index contributed by atoms with van der Waals surface area (Å²) in [7, 11) is 0. The first kappa shape index (κ1) is 15.3. The van der Waals surface area contributed by atoms with Gasteiger partial charge >= 0.3 is 0 Å². The van der Waals surface area contributed by atoms with Crippen LogP contribution in [0.3, 0.4) is 0 Å². The van der Waals surface area contributed by atoms with E-state index < -0.39 is 0 Å². The van der Waals surface area contributed by atoms with Crippen molar-refractivity contribution in [3.05, 3.63) is 51.3 Å². The number of aromatic nitrogens is 1. The Labute approximate surface area is 128 Å². The molecular formula is C16H17ClN2O2. The second kappa shape index (κ2) is 5.74. The minimum atomic E-state index is -0.311. The van der Waals surface area contributed by atoms with Gasteiger partial charge < -0.3 is 10.3 Å². The van der Waals surface area contributed by atoms with Gasteiger partial charge in [-0.3, -0.25) is 9.59 Å². The summed E-state index contributed by atoms with van der Waals surface area (Å²) in [6.45, 7) is 6.95. The minimum absolute atomic E-state index is 0.0614. The van der Waals surface area contributed by atoms with Crippen molar-refractivity contribution >= 4 is 29.0 Å². The highest BCUT2D eigenvalue weighted by Crippen LogP contribution is 2.25. The van der Waals surface area contributed by atoms with Crippen LogP contribution in [-0.2, 0) is 0 Å². The van der Waals surface area contributed by atoms with Gasteiger partial charge in [0.2, 0.25) is 0 Å². The SMILES string of the molecule is CC(=O)c1c(C)[nH]c(C(=O)Nc2ccc(C)cc2Cl)c1C. The molecule has 1 aromatic carbocycles. The fourth-order valence-corrected chi connectivity index (χ4v) is 2.69. The Morgan fingerprint density at radius 1 is 1.19 bits per heavy atom. The van der Waals surface area contributed by atoms with Crippen LogP contribution in [0.25, 0.3) is 0 Å². The molecule has 1 aromatic heterocycles. The van der Waals surface area contributed by atoms with E-state index in [2.05, 4.69) is 10.3 Å². The van der Waals surface area contributed by atoms with Crippen LogP contribution in [0, 0.1) is 20.8 Å². The van der Waals surface area contributed by atoms with E-state index in [0.29, 0.717) is 33.2 Å². The topological polar surface area (TPSA) is 62.0 Å². The van der Waals surface area contributed by atoms with E-state index in [9.17, 15) is 9.59 Å². The van der Waals surface area contributed by atoms with Crippen LogP contribution in [0.4, 0.5) is 5.69 Å². The third-order valence-corrected chi connectivity index (χ3v) is 3.70. The molecule has 2 N–H and O–H groups in total. The van der Waals surface area contributed by atoms with Gasteiger partial charge in [-0.05, 0) is 51.0 Å². The van der Waals surface area contributed by atoms with E-state index in [1.165, 1.54) is 6.92 Å². The summed E-state index contributed by atoms with van der Waals surface area (Å²) in [5.74, 6) is -0.373. The Kier molecular flexibility index (Phi) is 4.19. The van der Waals surface area contributed by atoms with Crippen LogP contribution in [0.15, 0.2) is 18.2 Å². The second-order valence-electron chi connectivity index (χ2n) is 5.12. The van der Waals surface area contributed by atoms with Crippen LogP contribution >= 0.6 is 11.6 Å². The summed E-state index contributed by atoms with van der Waals surface area (Å²) in [6, 6.07) is 5.41. The molecule has 5 heteroatoms. The largest absolute Gasteiger partial charge is 0.354 e. The maximum absolute atomic E-state index is 12.3. The molecule has 0 aliphatic carbocycles. The lowest BCUT2D eigenvalue weighted by Gasteiger charge is -2.07. The molecule has 0 bridgehead atoms. The van der Waals surface area contributed by atoms with E-state index in [1.54, 1.807) is 26.0 Å². The van der Waals surface area contributed by atoms with Gasteiger partial charge in [-0.2, -0.15) is 0 Å². The molecule has 21 heavy (non-hydrogen) atoms. The van der Waals surface area contributed by atoms with Gasteiger partial charge in [0, 0.05) is 11.3 Å². The highest BCUT2D eigenvalue weighted by atomic mass is 35.5. The zero-order valence-corrected chi connectivity index (χ0v) is 13.2.